The van der Waals surface area contributed by atoms with Gasteiger partial charge in [0.05, 0.1) is 4.90 Å². The van der Waals surface area contributed by atoms with Crippen LogP contribution in [0.15, 0.2) is 29.2 Å². The van der Waals surface area contributed by atoms with Crippen LogP contribution in [0.25, 0.3) is 0 Å². The summed E-state index contributed by atoms with van der Waals surface area (Å²) in [6.45, 7) is 3.17. The lowest BCUT2D eigenvalue weighted by Gasteiger charge is -2.44. The largest absolute Gasteiger partial charge is 0.251 e. The Bertz CT molecular complexity index is 561. The molecule has 0 aromatic heterocycles. The van der Waals surface area contributed by atoms with Crippen molar-refractivity contribution in [2.24, 2.45) is 0 Å². The van der Waals surface area contributed by atoms with E-state index < -0.39 is 34.3 Å². The van der Waals surface area contributed by atoms with Crippen molar-refractivity contribution in [1.82, 2.24) is 4.72 Å². The molecular formula is C12H15F2NO2S. The zero-order valence-electron chi connectivity index (χ0n) is 10.2. The van der Waals surface area contributed by atoms with Gasteiger partial charge in [-0.05, 0) is 25.5 Å². The van der Waals surface area contributed by atoms with Gasteiger partial charge in [-0.1, -0.05) is 18.2 Å². The van der Waals surface area contributed by atoms with Gasteiger partial charge in [-0.2, -0.15) is 0 Å². The highest BCUT2D eigenvalue weighted by Gasteiger charge is 2.55. The van der Waals surface area contributed by atoms with Crippen LogP contribution in [-0.2, 0) is 10.0 Å². The standard InChI is InChI=1S/C12H15F2NO2S/c1-9-5-3-4-6-10(9)18(16,17)15-11(2)7-12(13,14)8-11/h3-6,15H,7-8H2,1-2H3. The first-order valence-corrected chi connectivity index (χ1v) is 7.09. The molecule has 1 aliphatic carbocycles. The van der Waals surface area contributed by atoms with Crippen molar-refractivity contribution >= 4 is 10.0 Å². The summed E-state index contributed by atoms with van der Waals surface area (Å²) in [5, 5.41) is 0. The Kier molecular flexibility index (Phi) is 2.98. The van der Waals surface area contributed by atoms with Crippen molar-refractivity contribution < 1.29 is 17.2 Å². The van der Waals surface area contributed by atoms with Gasteiger partial charge >= 0.3 is 0 Å². The van der Waals surface area contributed by atoms with Crippen LogP contribution in [0.5, 0.6) is 0 Å². The molecule has 0 saturated heterocycles. The second kappa shape index (κ2) is 3.99. The molecule has 0 aliphatic heterocycles. The molecule has 1 aliphatic rings. The Balaban J connectivity index is 2.22. The predicted molar refractivity (Wildman–Crippen MR) is 64.1 cm³/mol. The molecule has 6 heteroatoms. The molecule has 0 bridgehead atoms. The summed E-state index contributed by atoms with van der Waals surface area (Å²) >= 11 is 0. The van der Waals surface area contributed by atoms with Gasteiger partial charge in [0.25, 0.3) is 5.92 Å². The lowest BCUT2D eigenvalue weighted by atomic mass is 9.76. The van der Waals surface area contributed by atoms with Gasteiger partial charge in [0, 0.05) is 18.4 Å². The summed E-state index contributed by atoms with van der Waals surface area (Å²) in [6.07, 6.45) is -0.907. The Hall–Kier alpha value is -1.01. The van der Waals surface area contributed by atoms with E-state index in [1.54, 1.807) is 25.1 Å². The van der Waals surface area contributed by atoms with Gasteiger partial charge < -0.3 is 0 Å². The molecule has 1 saturated carbocycles. The molecule has 1 fully saturated rings. The molecule has 2 rings (SSSR count). The molecule has 0 spiro atoms. The highest BCUT2D eigenvalue weighted by molar-refractivity contribution is 7.89. The van der Waals surface area contributed by atoms with Crippen LogP contribution in [0.1, 0.15) is 25.3 Å². The van der Waals surface area contributed by atoms with Crippen LogP contribution in [0.4, 0.5) is 8.78 Å². The summed E-state index contributed by atoms with van der Waals surface area (Å²) in [6, 6.07) is 6.48. The van der Waals surface area contributed by atoms with Gasteiger partial charge in [-0.25, -0.2) is 21.9 Å². The summed E-state index contributed by atoms with van der Waals surface area (Å²) < 4.78 is 52.3. The lowest BCUT2D eigenvalue weighted by Crippen LogP contribution is -2.60. The molecule has 1 N–H and O–H groups in total. The van der Waals surface area contributed by atoms with Crippen molar-refractivity contribution in [3.8, 4) is 0 Å². The topological polar surface area (TPSA) is 46.2 Å². The van der Waals surface area contributed by atoms with Crippen molar-refractivity contribution in [3.05, 3.63) is 29.8 Å². The first kappa shape index (κ1) is 13.4. The van der Waals surface area contributed by atoms with E-state index in [0.717, 1.165) is 0 Å². The average molecular weight is 275 g/mol. The molecular weight excluding hydrogens is 260 g/mol. The van der Waals surface area contributed by atoms with E-state index in [2.05, 4.69) is 4.72 Å². The molecule has 0 amide bonds. The molecule has 100 valence electrons. The van der Waals surface area contributed by atoms with Crippen molar-refractivity contribution in [3.63, 3.8) is 0 Å². The SMILES string of the molecule is Cc1ccccc1S(=O)(=O)NC1(C)CC(F)(F)C1. The predicted octanol–water partition coefficient (Wildman–Crippen LogP) is 2.46. The Labute approximate surface area is 105 Å². The summed E-state index contributed by atoms with van der Waals surface area (Å²) in [4.78, 5) is 0.140. The van der Waals surface area contributed by atoms with Crippen molar-refractivity contribution in [1.29, 1.82) is 0 Å². The first-order chi connectivity index (χ1) is 8.14. The van der Waals surface area contributed by atoms with Crippen LogP contribution >= 0.6 is 0 Å². The van der Waals surface area contributed by atoms with E-state index in [9.17, 15) is 17.2 Å². The Morgan fingerprint density at radius 2 is 1.78 bits per heavy atom. The number of nitrogens with one attached hydrogen (secondary N) is 1. The van der Waals surface area contributed by atoms with Gasteiger partial charge in [-0.15, -0.1) is 0 Å². The van der Waals surface area contributed by atoms with Crippen LogP contribution in [0.3, 0.4) is 0 Å². The quantitative estimate of drug-likeness (QED) is 0.921. The molecule has 18 heavy (non-hydrogen) atoms. The number of benzene rings is 1. The first-order valence-electron chi connectivity index (χ1n) is 5.61. The van der Waals surface area contributed by atoms with Gasteiger partial charge in [0.2, 0.25) is 10.0 Å². The van der Waals surface area contributed by atoms with E-state index in [1.165, 1.54) is 13.0 Å². The minimum atomic E-state index is -3.74. The minimum Gasteiger partial charge on any atom is -0.207 e. The average Bonchev–Trinajstić information content (AvgIpc) is 2.12. The van der Waals surface area contributed by atoms with E-state index >= 15 is 0 Å². The molecule has 0 heterocycles. The van der Waals surface area contributed by atoms with E-state index in [4.69, 9.17) is 0 Å². The number of halogens is 2. The van der Waals surface area contributed by atoms with Gasteiger partial charge in [0.1, 0.15) is 0 Å². The Morgan fingerprint density at radius 3 is 2.28 bits per heavy atom. The maximum absolute atomic E-state index is 12.9. The lowest BCUT2D eigenvalue weighted by molar-refractivity contribution is -0.121. The zero-order valence-corrected chi connectivity index (χ0v) is 11.0. The van der Waals surface area contributed by atoms with Crippen LogP contribution in [0, 0.1) is 6.92 Å². The molecule has 3 nitrogen and oxygen atoms in total. The third kappa shape index (κ3) is 2.54. The number of hydrogen-bond acceptors (Lipinski definition) is 2. The second-order valence-electron chi connectivity index (χ2n) is 5.14. The molecule has 0 unspecified atom stereocenters. The molecule has 0 radical (unpaired) electrons. The van der Waals surface area contributed by atoms with E-state index in [1.807, 2.05) is 0 Å². The van der Waals surface area contributed by atoms with E-state index in [0.29, 0.717) is 5.56 Å². The maximum atomic E-state index is 12.9. The zero-order chi connectivity index (χ0) is 13.6. The number of alkyl halides is 2. The van der Waals surface area contributed by atoms with Gasteiger partial charge in [-0.3, -0.25) is 0 Å². The number of rotatable bonds is 3. The fourth-order valence-electron chi connectivity index (χ4n) is 2.40. The van der Waals surface area contributed by atoms with Crippen LogP contribution in [0.2, 0.25) is 0 Å². The minimum absolute atomic E-state index is 0.140. The molecule has 1 aromatic rings. The normalized spacial score (nSPS) is 21.3. The summed E-state index contributed by atoms with van der Waals surface area (Å²) in [5.41, 5.74) is -0.454. The number of sulfonamides is 1. The number of aryl methyl sites for hydroxylation is 1. The fourth-order valence-corrected chi connectivity index (χ4v) is 4.05. The monoisotopic (exact) mass is 275 g/mol. The fraction of sp³-hybridized carbons (Fsp3) is 0.500. The third-order valence-electron chi connectivity index (χ3n) is 3.06. The molecule has 1 aromatic carbocycles. The highest BCUT2D eigenvalue weighted by Crippen LogP contribution is 2.45. The summed E-state index contributed by atoms with van der Waals surface area (Å²) in [5.74, 6) is -2.76. The second-order valence-corrected chi connectivity index (χ2v) is 6.79. The third-order valence-corrected chi connectivity index (χ3v) is 4.86. The molecule has 0 atom stereocenters. The highest BCUT2D eigenvalue weighted by atomic mass is 32.2. The number of hydrogen-bond donors (Lipinski definition) is 1. The van der Waals surface area contributed by atoms with Crippen molar-refractivity contribution in [2.45, 2.75) is 43.0 Å². The van der Waals surface area contributed by atoms with Crippen molar-refractivity contribution in [2.75, 3.05) is 0 Å². The van der Waals surface area contributed by atoms with Crippen LogP contribution in [-0.4, -0.2) is 19.9 Å². The van der Waals surface area contributed by atoms with E-state index in [-0.39, 0.29) is 4.90 Å². The van der Waals surface area contributed by atoms with Crippen LogP contribution < -0.4 is 4.72 Å². The Morgan fingerprint density at radius 1 is 1.22 bits per heavy atom. The summed E-state index contributed by atoms with van der Waals surface area (Å²) in [7, 11) is -3.74. The maximum Gasteiger partial charge on any atom is 0.251 e. The van der Waals surface area contributed by atoms with Gasteiger partial charge in [0.15, 0.2) is 0 Å². The smallest absolute Gasteiger partial charge is 0.207 e.